The van der Waals surface area contributed by atoms with Crippen molar-refractivity contribution >= 4 is 21.4 Å². The molecule has 1 aliphatic heterocycles. The lowest BCUT2D eigenvalue weighted by Gasteiger charge is -2.39. The molecule has 2 unspecified atom stereocenters. The molecule has 5 nitrogen and oxygen atoms in total. The number of nitrogens with one attached hydrogen (secondary N) is 1. The summed E-state index contributed by atoms with van der Waals surface area (Å²) in [5.41, 5.74) is 7.21. The highest BCUT2D eigenvalue weighted by molar-refractivity contribution is 7.89. The van der Waals surface area contributed by atoms with E-state index in [1.54, 1.807) is 12.1 Å². The molecular formula is C14H23N3O2S. The highest BCUT2D eigenvalue weighted by Crippen LogP contribution is 2.31. The first kappa shape index (κ1) is 15.1. The van der Waals surface area contributed by atoms with Gasteiger partial charge in [-0.2, -0.15) is 0 Å². The van der Waals surface area contributed by atoms with Gasteiger partial charge in [0.2, 0.25) is 10.0 Å². The van der Waals surface area contributed by atoms with Gasteiger partial charge in [0.1, 0.15) is 4.90 Å². The molecule has 1 aliphatic rings. The summed E-state index contributed by atoms with van der Waals surface area (Å²) in [6.45, 7) is 5.45. The maximum Gasteiger partial charge on any atom is 0.242 e. The molecule has 20 heavy (non-hydrogen) atoms. The number of piperidine rings is 1. The van der Waals surface area contributed by atoms with Crippen molar-refractivity contribution in [1.82, 2.24) is 4.72 Å². The van der Waals surface area contributed by atoms with E-state index in [0.717, 1.165) is 18.7 Å². The minimum Gasteiger partial charge on any atom is -0.398 e. The zero-order valence-electron chi connectivity index (χ0n) is 12.3. The third-order valence-electron chi connectivity index (χ3n) is 4.26. The van der Waals surface area contributed by atoms with Gasteiger partial charge in [-0.1, -0.05) is 6.92 Å². The Morgan fingerprint density at radius 3 is 2.65 bits per heavy atom. The van der Waals surface area contributed by atoms with E-state index in [9.17, 15) is 8.42 Å². The molecule has 0 aliphatic carbocycles. The van der Waals surface area contributed by atoms with Gasteiger partial charge >= 0.3 is 0 Å². The van der Waals surface area contributed by atoms with Gasteiger partial charge in [-0.3, -0.25) is 0 Å². The molecule has 0 radical (unpaired) electrons. The summed E-state index contributed by atoms with van der Waals surface area (Å²) >= 11 is 0. The summed E-state index contributed by atoms with van der Waals surface area (Å²) in [7, 11) is -2.11. The fourth-order valence-corrected chi connectivity index (χ4v) is 3.61. The fourth-order valence-electron chi connectivity index (χ4n) is 2.77. The van der Waals surface area contributed by atoms with Crippen LogP contribution in [0.1, 0.15) is 26.7 Å². The fraction of sp³-hybridized carbons (Fsp3) is 0.571. The monoisotopic (exact) mass is 297 g/mol. The number of nitrogens with zero attached hydrogens (tertiary/aromatic N) is 1. The highest BCUT2D eigenvalue weighted by Gasteiger charge is 2.25. The third kappa shape index (κ3) is 2.76. The van der Waals surface area contributed by atoms with E-state index in [4.69, 9.17) is 5.73 Å². The molecular weight excluding hydrogens is 274 g/mol. The van der Waals surface area contributed by atoms with Crippen LogP contribution in [0.4, 0.5) is 11.4 Å². The van der Waals surface area contributed by atoms with Gasteiger partial charge in [-0.25, -0.2) is 13.1 Å². The Kier molecular flexibility index (Phi) is 4.25. The second-order valence-corrected chi connectivity index (χ2v) is 7.34. The van der Waals surface area contributed by atoms with Crippen LogP contribution in [0.5, 0.6) is 0 Å². The van der Waals surface area contributed by atoms with Gasteiger partial charge in [0.15, 0.2) is 0 Å². The van der Waals surface area contributed by atoms with Crippen LogP contribution in [-0.2, 0) is 10.0 Å². The molecule has 1 fully saturated rings. The average molecular weight is 297 g/mol. The first-order chi connectivity index (χ1) is 9.36. The molecule has 3 N–H and O–H groups in total. The van der Waals surface area contributed by atoms with Crippen LogP contribution in [-0.4, -0.2) is 28.1 Å². The molecule has 0 amide bonds. The number of rotatable bonds is 3. The molecule has 0 aromatic heterocycles. The van der Waals surface area contributed by atoms with Crippen LogP contribution in [0.15, 0.2) is 23.1 Å². The van der Waals surface area contributed by atoms with Crippen molar-refractivity contribution in [2.24, 2.45) is 5.92 Å². The zero-order valence-corrected chi connectivity index (χ0v) is 13.1. The van der Waals surface area contributed by atoms with Crippen molar-refractivity contribution < 1.29 is 8.42 Å². The van der Waals surface area contributed by atoms with Gasteiger partial charge in [0.25, 0.3) is 0 Å². The van der Waals surface area contributed by atoms with E-state index in [1.807, 2.05) is 6.07 Å². The predicted molar refractivity (Wildman–Crippen MR) is 82.3 cm³/mol. The van der Waals surface area contributed by atoms with Crippen LogP contribution in [0.3, 0.4) is 0 Å². The first-order valence-electron chi connectivity index (χ1n) is 6.96. The van der Waals surface area contributed by atoms with E-state index in [1.165, 1.54) is 13.5 Å². The number of anilines is 2. The van der Waals surface area contributed by atoms with Crippen LogP contribution in [0.2, 0.25) is 0 Å². The summed E-state index contributed by atoms with van der Waals surface area (Å²) in [6, 6.07) is 5.63. The molecule has 112 valence electrons. The molecule has 0 spiro atoms. The number of hydrogen-bond donors (Lipinski definition) is 2. The lowest BCUT2D eigenvalue weighted by atomic mass is 9.91. The minimum atomic E-state index is -3.49. The Bertz CT molecular complexity index is 586. The summed E-state index contributed by atoms with van der Waals surface area (Å²) in [5, 5.41) is 0. The molecule has 0 bridgehead atoms. The highest BCUT2D eigenvalue weighted by atomic mass is 32.2. The predicted octanol–water partition coefficient (Wildman–Crippen LogP) is 1.80. The van der Waals surface area contributed by atoms with Gasteiger partial charge in [0.05, 0.1) is 5.69 Å². The van der Waals surface area contributed by atoms with E-state index in [0.29, 0.717) is 17.6 Å². The van der Waals surface area contributed by atoms with Crippen LogP contribution in [0, 0.1) is 5.92 Å². The van der Waals surface area contributed by atoms with Crippen molar-refractivity contribution in [2.75, 3.05) is 24.2 Å². The largest absolute Gasteiger partial charge is 0.398 e. The summed E-state index contributed by atoms with van der Waals surface area (Å²) in [5.74, 6) is 0.630. The van der Waals surface area contributed by atoms with Crippen LogP contribution >= 0.6 is 0 Å². The van der Waals surface area contributed by atoms with Gasteiger partial charge in [-0.15, -0.1) is 0 Å². The standard InChI is InChI=1S/C14H23N3O2S/c1-10-5-4-8-17(11(10)2)12-6-7-14(13(15)9-12)20(18,19)16-3/h6-7,9-11,16H,4-5,8,15H2,1-3H3. The Hall–Kier alpha value is -1.27. The minimum absolute atomic E-state index is 0.140. The summed E-state index contributed by atoms with van der Waals surface area (Å²) < 4.78 is 25.9. The quantitative estimate of drug-likeness (QED) is 0.834. The Labute approximate surface area is 121 Å². The average Bonchev–Trinajstić information content (AvgIpc) is 2.41. The Balaban J connectivity index is 2.34. The molecule has 1 heterocycles. The topological polar surface area (TPSA) is 75.4 Å². The first-order valence-corrected chi connectivity index (χ1v) is 8.45. The molecule has 2 atom stereocenters. The van der Waals surface area contributed by atoms with Gasteiger partial charge < -0.3 is 10.6 Å². The normalized spacial score (nSPS) is 23.9. The maximum absolute atomic E-state index is 11.8. The number of nitrogens with two attached hydrogens (primary N) is 1. The lowest BCUT2D eigenvalue weighted by molar-refractivity contribution is 0.363. The SMILES string of the molecule is CNS(=O)(=O)c1ccc(N2CCCC(C)C2C)cc1N. The zero-order chi connectivity index (χ0) is 14.9. The Morgan fingerprint density at radius 2 is 2.05 bits per heavy atom. The van der Waals surface area contributed by atoms with Gasteiger partial charge in [-0.05, 0) is 50.9 Å². The van der Waals surface area contributed by atoms with Crippen LogP contribution in [0.25, 0.3) is 0 Å². The van der Waals surface area contributed by atoms with Crippen LogP contribution < -0.4 is 15.4 Å². The summed E-state index contributed by atoms with van der Waals surface area (Å²) in [4.78, 5) is 2.45. The molecule has 0 saturated carbocycles. The Morgan fingerprint density at radius 1 is 1.35 bits per heavy atom. The molecule has 1 saturated heterocycles. The van der Waals surface area contributed by atoms with Crippen molar-refractivity contribution in [2.45, 2.75) is 37.6 Å². The maximum atomic E-state index is 11.8. The lowest BCUT2D eigenvalue weighted by Crippen LogP contribution is -2.42. The number of hydrogen-bond acceptors (Lipinski definition) is 4. The van der Waals surface area contributed by atoms with Crippen molar-refractivity contribution in [3.8, 4) is 0 Å². The molecule has 1 aromatic rings. The van der Waals surface area contributed by atoms with E-state index >= 15 is 0 Å². The summed E-state index contributed by atoms with van der Waals surface area (Å²) in [6.07, 6.45) is 2.39. The number of sulfonamides is 1. The molecule has 6 heteroatoms. The van der Waals surface area contributed by atoms with Crippen molar-refractivity contribution in [3.63, 3.8) is 0 Å². The molecule has 1 aromatic carbocycles. The third-order valence-corrected chi connectivity index (χ3v) is 5.75. The second-order valence-electron chi connectivity index (χ2n) is 5.48. The number of nitrogen functional groups attached to an aromatic ring is 1. The van der Waals surface area contributed by atoms with Crippen molar-refractivity contribution in [1.29, 1.82) is 0 Å². The van der Waals surface area contributed by atoms with E-state index < -0.39 is 10.0 Å². The van der Waals surface area contributed by atoms with Gasteiger partial charge in [0, 0.05) is 18.3 Å². The van der Waals surface area contributed by atoms with E-state index in [2.05, 4.69) is 23.5 Å². The molecule has 2 rings (SSSR count). The van der Waals surface area contributed by atoms with Crippen molar-refractivity contribution in [3.05, 3.63) is 18.2 Å². The van der Waals surface area contributed by atoms with E-state index in [-0.39, 0.29) is 4.90 Å². The second kappa shape index (κ2) is 5.61. The smallest absolute Gasteiger partial charge is 0.242 e. The number of benzene rings is 1.